The van der Waals surface area contributed by atoms with Crippen LogP contribution in [0.3, 0.4) is 0 Å². The van der Waals surface area contributed by atoms with Crippen molar-refractivity contribution in [3.05, 3.63) is 11.9 Å². The van der Waals surface area contributed by atoms with E-state index in [4.69, 9.17) is 0 Å². The summed E-state index contributed by atoms with van der Waals surface area (Å²) in [6.07, 6.45) is 7.20. The van der Waals surface area contributed by atoms with Gasteiger partial charge < -0.3 is 15.5 Å². The van der Waals surface area contributed by atoms with Gasteiger partial charge in [0.15, 0.2) is 0 Å². The molecule has 1 amide bonds. The Morgan fingerprint density at radius 2 is 1.92 bits per heavy atom. The predicted molar refractivity (Wildman–Crippen MR) is 93.3 cm³/mol. The van der Waals surface area contributed by atoms with E-state index in [1.165, 1.54) is 12.8 Å². The van der Waals surface area contributed by atoms with Crippen molar-refractivity contribution in [2.75, 3.05) is 0 Å². The van der Waals surface area contributed by atoms with Gasteiger partial charge in [-0.2, -0.15) is 0 Å². The van der Waals surface area contributed by atoms with Gasteiger partial charge in [0, 0.05) is 30.5 Å². The normalized spacial score (nSPS) is 32.6. The molecule has 0 radical (unpaired) electrons. The molecule has 1 aromatic rings. The SMILES string of the molecule is Cl.O=C(N[C@@H]1C[C@H](Cn2cc(C3CC3)nn2)[C@@H](O)[C@H]1O)C1CCCC1. The maximum Gasteiger partial charge on any atom is 0.223 e. The van der Waals surface area contributed by atoms with E-state index in [0.29, 0.717) is 18.9 Å². The van der Waals surface area contributed by atoms with Gasteiger partial charge in [-0.05, 0) is 32.1 Å². The average Bonchev–Trinajstić information content (AvgIpc) is 2.98. The van der Waals surface area contributed by atoms with E-state index in [-0.39, 0.29) is 36.2 Å². The monoisotopic (exact) mass is 370 g/mol. The van der Waals surface area contributed by atoms with Gasteiger partial charge in [0.2, 0.25) is 5.91 Å². The summed E-state index contributed by atoms with van der Waals surface area (Å²) < 4.78 is 1.76. The van der Waals surface area contributed by atoms with Crippen LogP contribution in [-0.2, 0) is 11.3 Å². The van der Waals surface area contributed by atoms with Gasteiger partial charge in [-0.3, -0.25) is 9.48 Å². The van der Waals surface area contributed by atoms with Crippen LogP contribution in [0.2, 0.25) is 0 Å². The van der Waals surface area contributed by atoms with Gasteiger partial charge in [-0.1, -0.05) is 18.1 Å². The summed E-state index contributed by atoms with van der Waals surface area (Å²) >= 11 is 0. The van der Waals surface area contributed by atoms with Crippen LogP contribution in [0.1, 0.15) is 56.6 Å². The number of nitrogens with zero attached hydrogens (tertiary/aromatic N) is 3. The Hall–Kier alpha value is -1.18. The summed E-state index contributed by atoms with van der Waals surface area (Å²) in [6.45, 7) is 0.522. The summed E-state index contributed by atoms with van der Waals surface area (Å²) in [4.78, 5) is 12.3. The molecule has 7 nitrogen and oxygen atoms in total. The summed E-state index contributed by atoms with van der Waals surface area (Å²) in [5.41, 5.74) is 1.02. The predicted octanol–water partition coefficient (Wildman–Crippen LogP) is 0.994. The molecule has 0 unspecified atom stereocenters. The van der Waals surface area contributed by atoms with E-state index < -0.39 is 12.2 Å². The second-order valence-electron chi connectivity index (χ2n) is 7.71. The van der Waals surface area contributed by atoms with Crippen LogP contribution in [0.25, 0.3) is 0 Å². The minimum absolute atomic E-state index is 0. The minimum Gasteiger partial charge on any atom is -0.390 e. The smallest absolute Gasteiger partial charge is 0.223 e. The zero-order chi connectivity index (χ0) is 16.7. The number of rotatable bonds is 5. The van der Waals surface area contributed by atoms with Gasteiger partial charge in [-0.15, -0.1) is 17.5 Å². The first-order valence-corrected chi connectivity index (χ1v) is 9.18. The van der Waals surface area contributed by atoms with Gasteiger partial charge in [0.25, 0.3) is 0 Å². The summed E-state index contributed by atoms with van der Waals surface area (Å²) in [6, 6.07) is -0.371. The number of aliphatic hydroxyl groups is 2. The Bertz CT molecular complexity index is 600. The highest BCUT2D eigenvalue weighted by Crippen LogP contribution is 2.38. The lowest BCUT2D eigenvalue weighted by molar-refractivity contribution is -0.126. The van der Waals surface area contributed by atoms with Gasteiger partial charge >= 0.3 is 0 Å². The molecule has 0 aromatic carbocycles. The topological polar surface area (TPSA) is 100 Å². The van der Waals surface area contributed by atoms with E-state index in [1.54, 1.807) is 4.68 Å². The average molecular weight is 371 g/mol. The molecule has 0 spiro atoms. The molecule has 3 saturated carbocycles. The van der Waals surface area contributed by atoms with Crippen LogP contribution in [-0.4, -0.2) is 49.4 Å². The number of aliphatic hydroxyl groups excluding tert-OH is 2. The van der Waals surface area contributed by atoms with Crippen molar-refractivity contribution in [3.8, 4) is 0 Å². The summed E-state index contributed by atoms with van der Waals surface area (Å²) in [5.74, 6) is 0.532. The molecule has 4 atom stereocenters. The number of halogens is 1. The largest absolute Gasteiger partial charge is 0.390 e. The first-order chi connectivity index (χ1) is 11.6. The van der Waals surface area contributed by atoms with E-state index in [2.05, 4.69) is 15.6 Å². The van der Waals surface area contributed by atoms with Gasteiger partial charge in [-0.25, -0.2) is 0 Å². The Morgan fingerprint density at radius 1 is 1.20 bits per heavy atom. The number of nitrogens with one attached hydrogen (secondary N) is 1. The Kier molecular flexibility index (Phi) is 5.65. The van der Waals surface area contributed by atoms with Gasteiger partial charge in [0.1, 0.15) is 6.10 Å². The molecule has 0 aliphatic heterocycles. The van der Waals surface area contributed by atoms with Crippen molar-refractivity contribution in [3.63, 3.8) is 0 Å². The molecule has 4 rings (SSSR count). The number of carbonyl (C=O) groups is 1. The van der Waals surface area contributed by atoms with E-state index >= 15 is 0 Å². The highest BCUT2D eigenvalue weighted by molar-refractivity contribution is 5.85. The molecule has 0 saturated heterocycles. The quantitative estimate of drug-likeness (QED) is 0.717. The number of aromatic nitrogens is 3. The molecule has 1 heterocycles. The molecular weight excluding hydrogens is 344 g/mol. The lowest BCUT2D eigenvalue weighted by atomic mass is 10.1. The highest BCUT2D eigenvalue weighted by atomic mass is 35.5. The molecule has 3 aliphatic rings. The highest BCUT2D eigenvalue weighted by Gasteiger charge is 2.43. The van der Waals surface area contributed by atoms with E-state index in [0.717, 1.165) is 31.4 Å². The summed E-state index contributed by atoms with van der Waals surface area (Å²) in [5, 5.41) is 31.9. The second-order valence-corrected chi connectivity index (χ2v) is 7.71. The fourth-order valence-electron chi connectivity index (χ4n) is 4.15. The van der Waals surface area contributed by atoms with Gasteiger partial charge in [0.05, 0.1) is 17.8 Å². The molecule has 3 fully saturated rings. The van der Waals surface area contributed by atoms with Crippen molar-refractivity contribution in [2.45, 2.75) is 75.7 Å². The number of carbonyl (C=O) groups excluding carboxylic acids is 1. The molecule has 140 valence electrons. The van der Waals surface area contributed by atoms with Crippen LogP contribution in [0.15, 0.2) is 6.20 Å². The van der Waals surface area contributed by atoms with E-state index in [9.17, 15) is 15.0 Å². The molecule has 3 aliphatic carbocycles. The molecule has 3 N–H and O–H groups in total. The minimum atomic E-state index is -0.910. The number of hydrogen-bond acceptors (Lipinski definition) is 5. The van der Waals surface area contributed by atoms with Crippen LogP contribution >= 0.6 is 12.4 Å². The first-order valence-electron chi connectivity index (χ1n) is 9.18. The fraction of sp³-hybridized carbons (Fsp3) is 0.824. The number of hydrogen-bond donors (Lipinski definition) is 3. The fourth-order valence-corrected chi connectivity index (χ4v) is 4.15. The zero-order valence-electron chi connectivity index (χ0n) is 14.3. The maximum absolute atomic E-state index is 12.3. The Balaban J connectivity index is 0.00000182. The number of amides is 1. The first kappa shape index (κ1) is 18.6. The van der Waals surface area contributed by atoms with Crippen LogP contribution < -0.4 is 5.32 Å². The van der Waals surface area contributed by atoms with Crippen LogP contribution in [0.4, 0.5) is 0 Å². The molecule has 8 heteroatoms. The van der Waals surface area contributed by atoms with Crippen molar-refractivity contribution in [1.29, 1.82) is 0 Å². The van der Waals surface area contributed by atoms with Crippen molar-refractivity contribution in [2.24, 2.45) is 11.8 Å². The van der Waals surface area contributed by atoms with Crippen LogP contribution in [0, 0.1) is 11.8 Å². The molecule has 25 heavy (non-hydrogen) atoms. The molecule has 0 bridgehead atoms. The Morgan fingerprint density at radius 3 is 2.60 bits per heavy atom. The molecule has 1 aromatic heterocycles. The maximum atomic E-state index is 12.3. The van der Waals surface area contributed by atoms with Crippen LogP contribution in [0.5, 0.6) is 0 Å². The Labute approximate surface area is 153 Å². The second kappa shape index (κ2) is 7.60. The third-order valence-corrected chi connectivity index (χ3v) is 5.83. The third kappa shape index (κ3) is 3.99. The zero-order valence-corrected chi connectivity index (χ0v) is 15.1. The lowest BCUT2D eigenvalue weighted by Crippen LogP contribution is -2.45. The van der Waals surface area contributed by atoms with Crippen molar-refractivity contribution in [1.82, 2.24) is 20.3 Å². The van der Waals surface area contributed by atoms with Crippen molar-refractivity contribution < 1.29 is 15.0 Å². The van der Waals surface area contributed by atoms with Crippen molar-refractivity contribution >= 4 is 18.3 Å². The third-order valence-electron chi connectivity index (χ3n) is 5.83. The standard InChI is InChI=1S/C17H26N4O3.ClH/c22-15-12(8-21-9-14(19-20-21)10-5-6-10)7-13(16(15)23)18-17(24)11-3-1-2-4-11;/h9-13,15-16,22-23H,1-8H2,(H,18,24);1H/t12-,13-,15-,16+;/m1./s1. The van der Waals surface area contributed by atoms with E-state index in [1.807, 2.05) is 6.20 Å². The molecular formula is C17H27ClN4O3. The lowest BCUT2D eigenvalue weighted by Gasteiger charge is -2.20. The summed E-state index contributed by atoms with van der Waals surface area (Å²) in [7, 11) is 0.